The van der Waals surface area contributed by atoms with Crippen LogP contribution < -0.4 is 10.6 Å². The molecule has 3 nitrogen and oxygen atoms in total. The fourth-order valence-corrected chi connectivity index (χ4v) is 3.28. The van der Waals surface area contributed by atoms with Crippen LogP contribution in [0.5, 0.6) is 0 Å². The number of anilines is 1. The van der Waals surface area contributed by atoms with E-state index in [1.54, 1.807) is 7.11 Å². The maximum Gasteiger partial charge on any atom is 0.0772 e. The maximum absolute atomic E-state index is 6.45. The van der Waals surface area contributed by atoms with Crippen LogP contribution in [-0.4, -0.2) is 32.3 Å². The van der Waals surface area contributed by atoms with Gasteiger partial charge in [0.05, 0.1) is 16.8 Å². The van der Waals surface area contributed by atoms with E-state index in [1.165, 1.54) is 5.56 Å². The third-order valence-electron chi connectivity index (χ3n) is 4.12. The summed E-state index contributed by atoms with van der Waals surface area (Å²) in [6.45, 7) is 6.20. The summed E-state index contributed by atoms with van der Waals surface area (Å²) in [4.78, 5) is 2.36. The average Bonchev–Trinajstić information content (AvgIpc) is 2.39. The van der Waals surface area contributed by atoms with Gasteiger partial charge in [-0.25, -0.2) is 0 Å². The summed E-state index contributed by atoms with van der Waals surface area (Å²) >= 11 is 6.45. The van der Waals surface area contributed by atoms with Gasteiger partial charge in [-0.15, -0.1) is 0 Å². The van der Waals surface area contributed by atoms with E-state index in [0.29, 0.717) is 5.92 Å². The lowest BCUT2D eigenvalue weighted by atomic mass is 9.94. The lowest BCUT2D eigenvalue weighted by molar-refractivity contribution is 0.0498. The van der Waals surface area contributed by atoms with E-state index in [1.807, 2.05) is 19.1 Å². The highest BCUT2D eigenvalue weighted by atomic mass is 35.5. The molecule has 3 unspecified atom stereocenters. The van der Waals surface area contributed by atoms with Gasteiger partial charge in [0.15, 0.2) is 0 Å². The van der Waals surface area contributed by atoms with Gasteiger partial charge < -0.3 is 15.4 Å². The Balaban J connectivity index is 2.27. The fraction of sp³-hybridized carbons (Fsp3) is 0.625. The average molecular weight is 297 g/mol. The van der Waals surface area contributed by atoms with Gasteiger partial charge in [0.25, 0.3) is 0 Å². The molecule has 1 aliphatic rings. The number of hydrogen-bond donors (Lipinski definition) is 1. The molecule has 0 aliphatic carbocycles. The van der Waals surface area contributed by atoms with Crippen molar-refractivity contribution in [2.45, 2.75) is 38.8 Å². The number of piperidine rings is 1. The summed E-state index contributed by atoms with van der Waals surface area (Å²) in [5, 5.41) is 0.813. The van der Waals surface area contributed by atoms with Crippen molar-refractivity contribution in [1.82, 2.24) is 0 Å². The summed E-state index contributed by atoms with van der Waals surface area (Å²) in [5.74, 6) is 0.593. The monoisotopic (exact) mass is 296 g/mol. The molecule has 3 atom stereocenters. The Kier molecular flexibility index (Phi) is 5.30. The predicted molar refractivity (Wildman–Crippen MR) is 85.6 cm³/mol. The minimum absolute atomic E-state index is 0.133. The zero-order chi connectivity index (χ0) is 14.7. The van der Waals surface area contributed by atoms with E-state index >= 15 is 0 Å². The van der Waals surface area contributed by atoms with E-state index < -0.39 is 0 Å². The van der Waals surface area contributed by atoms with Gasteiger partial charge in [-0.2, -0.15) is 0 Å². The van der Waals surface area contributed by atoms with Crippen LogP contribution in [-0.2, 0) is 11.2 Å². The van der Waals surface area contributed by atoms with Gasteiger partial charge in [0, 0.05) is 26.2 Å². The SMILES string of the molecule is COC1CN(c2c(Cl)cccc2CC(C)N)CCC1C. The number of rotatable bonds is 4. The lowest BCUT2D eigenvalue weighted by Gasteiger charge is -2.39. The molecule has 1 fully saturated rings. The number of nitrogens with two attached hydrogens (primary N) is 1. The molecular formula is C16H25ClN2O. The van der Waals surface area contributed by atoms with Crippen molar-refractivity contribution < 1.29 is 4.74 Å². The zero-order valence-electron chi connectivity index (χ0n) is 12.6. The van der Waals surface area contributed by atoms with Crippen molar-refractivity contribution in [3.05, 3.63) is 28.8 Å². The first kappa shape index (κ1) is 15.6. The Morgan fingerprint density at radius 3 is 2.90 bits per heavy atom. The van der Waals surface area contributed by atoms with Crippen LogP contribution in [0.15, 0.2) is 18.2 Å². The number of ether oxygens (including phenoxy) is 1. The first-order valence-electron chi connectivity index (χ1n) is 7.33. The standard InChI is InChI=1S/C16H25ClN2O/c1-11-7-8-19(10-15(11)20-3)16-13(9-12(2)18)5-4-6-14(16)17/h4-6,11-12,15H,7-10,18H2,1-3H3. The molecule has 1 aromatic carbocycles. The summed E-state index contributed by atoms with van der Waals surface area (Å²) in [6, 6.07) is 6.23. The number of para-hydroxylation sites is 1. The van der Waals surface area contributed by atoms with E-state index in [9.17, 15) is 0 Å². The van der Waals surface area contributed by atoms with Gasteiger partial charge in [-0.05, 0) is 37.3 Å². The summed E-state index contributed by atoms with van der Waals surface area (Å²) in [7, 11) is 1.79. The van der Waals surface area contributed by atoms with Crippen LogP contribution in [0, 0.1) is 5.92 Å². The Bertz CT molecular complexity index is 450. The molecule has 20 heavy (non-hydrogen) atoms. The molecular weight excluding hydrogens is 272 g/mol. The largest absolute Gasteiger partial charge is 0.379 e. The van der Waals surface area contributed by atoms with Crippen molar-refractivity contribution in [3.63, 3.8) is 0 Å². The molecule has 1 heterocycles. The molecule has 2 rings (SSSR count). The Morgan fingerprint density at radius 1 is 1.50 bits per heavy atom. The highest BCUT2D eigenvalue weighted by molar-refractivity contribution is 6.33. The molecule has 112 valence electrons. The molecule has 0 radical (unpaired) electrons. The number of halogens is 1. The molecule has 0 spiro atoms. The van der Waals surface area contributed by atoms with E-state index in [0.717, 1.165) is 36.6 Å². The van der Waals surface area contributed by atoms with Gasteiger partial charge in [-0.1, -0.05) is 30.7 Å². The molecule has 0 bridgehead atoms. The number of nitrogens with zero attached hydrogens (tertiary/aromatic N) is 1. The topological polar surface area (TPSA) is 38.5 Å². The molecule has 0 aromatic heterocycles. The molecule has 1 aliphatic heterocycles. The van der Waals surface area contributed by atoms with Crippen molar-refractivity contribution in [3.8, 4) is 0 Å². The van der Waals surface area contributed by atoms with Crippen LogP contribution in [0.4, 0.5) is 5.69 Å². The lowest BCUT2D eigenvalue weighted by Crippen LogP contribution is -2.44. The second-order valence-corrected chi connectivity index (χ2v) is 6.32. The maximum atomic E-state index is 6.45. The second-order valence-electron chi connectivity index (χ2n) is 5.92. The van der Waals surface area contributed by atoms with E-state index in [4.69, 9.17) is 22.1 Å². The van der Waals surface area contributed by atoms with E-state index in [-0.39, 0.29) is 12.1 Å². The van der Waals surface area contributed by atoms with Crippen LogP contribution in [0.3, 0.4) is 0 Å². The Hall–Kier alpha value is -0.770. The zero-order valence-corrected chi connectivity index (χ0v) is 13.4. The predicted octanol–water partition coefficient (Wildman–Crippen LogP) is 3.09. The first-order chi connectivity index (χ1) is 9.52. The van der Waals surface area contributed by atoms with Crippen LogP contribution in [0.2, 0.25) is 5.02 Å². The molecule has 1 aromatic rings. The highest BCUT2D eigenvalue weighted by Crippen LogP contribution is 2.34. The Labute approximate surface area is 127 Å². The fourth-order valence-electron chi connectivity index (χ4n) is 2.97. The third kappa shape index (κ3) is 3.46. The molecule has 1 saturated heterocycles. The van der Waals surface area contributed by atoms with Gasteiger partial charge in [0.1, 0.15) is 0 Å². The van der Waals surface area contributed by atoms with Crippen LogP contribution in [0.25, 0.3) is 0 Å². The van der Waals surface area contributed by atoms with Gasteiger partial charge >= 0.3 is 0 Å². The number of benzene rings is 1. The molecule has 2 N–H and O–H groups in total. The third-order valence-corrected chi connectivity index (χ3v) is 4.43. The smallest absolute Gasteiger partial charge is 0.0772 e. The minimum Gasteiger partial charge on any atom is -0.379 e. The van der Waals surface area contributed by atoms with Gasteiger partial charge in [-0.3, -0.25) is 0 Å². The summed E-state index contributed by atoms with van der Waals surface area (Å²) in [6.07, 6.45) is 2.24. The number of methoxy groups -OCH3 is 1. The first-order valence-corrected chi connectivity index (χ1v) is 7.71. The van der Waals surface area contributed by atoms with Crippen LogP contribution in [0.1, 0.15) is 25.8 Å². The Morgan fingerprint density at radius 2 is 2.25 bits per heavy atom. The van der Waals surface area contributed by atoms with Crippen molar-refractivity contribution >= 4 is 17.3 Å². The second kappa shape index (κ2) is 6.79. The van der Waals surface area contributed by atoms with Gasteiger partial charge in [0.2, 0.25) is 0 Å². The highest BCUT2D eigenvalue weighted by Gasteiger charge is 2.28. The normalized spacial score (nSPS) is 24.8. The number of hydrogen-bond acceptors (Lipinski definition) is 3. The van der Waals surface area contributed by atoms with Crippen molar-refractivity contribution in [2.24, 2.45) is 11.7 Å². The molecule has 0 saturated carbocycles. The van der Waals surface area contributed by atoms with Crippen LogP contribution >= 0.6 is 11.6 Å². The summed E-state index contributed by atoms with van der Waals surface area (Å²) < 4.78 is 5.61. The molecule has 4 heteroatoms. The van der Waals surface area contributed by atoms with Crippen molar-refractivity contribution in [1.29, 1.82) is 0 Å². The minimum atomic E-state index is 0.133. The van der Waals surface area contributed by atoms with E-state index in [2.05, 4.69) is 17.9 Å². The molecule has 0 amide bonds. The summed E-state index contributed by atoms with van der Waals surface area (Å²) in [5.41, 5.74) is 8.33. The quantitative estimate of drug-likeness (QED) is 0.928. The van der Waals surface area contributed by atoms with Crippen molar-refractivity contribution in [2.75, 3.05) is 25.1 Å².